The second-order valence-electron chi connectivity index (χ2n) is 5.34. The molecule has 2 aromatic heterocycles. The molecular weight excluding hydrogens is 398 g/mol. The highest BCUT2D eigenvalue weighted by Crippen LogP contribution is 2.32. The summed E-state index contributed by atoms with van der Waals surface area (Å²) in [5.41, 5.74) is 0. The minimum absolute atomic E-state index is 0.00189. The Labute approximate surface area is 160 Å². The average molecular weight is 414 g/mol. The zero-order chi connectivity index (χ0) is 18.7. The minimum atomic E-state index is -3.81. The van der Waals surface area contributed by atoms with Crippen LogP contribution in [0.5, 0.6) is 5.75 Å². The fourth-order valence-corrected chi connectivity index (χ4v) is 4.62. The van der Waals surface area contributed by atoms with Crippen LogP contribution in [0, 0.1) is 0 Å². The van der Waals surface area contributed by atoms with Crippen LogP contribution in [0.1, 0.15) is 11.0 Å². The molecule has 1 unspecified atom stereocenters. The van der Waals surface area contributed by atoms with Crippen molar-refractivity contribution >= 4 is 33.0 Å². The number of nitrogens with one attached hydrogen (secondary N) is 1. The van der Waals surface area contributed by atoms with E-state index in [2.05, 4.69) is 4.72 Å². The molecule has 0 aliphatic carbocycles. The van der Waals surface area contributed by atoms with Crippen molar-refractivity contribution in [2.75, 3.05) is 13.7 Å². The van der Waals surface area contributed by atoms with Gasteiger partial charge in [0.25, 0.3) is 0 Å². The van der Waals surface area contributed by atoms with Gasteiger partial charge in [0, 0.05) is 11.4 Å². The maximum atomic E-state index is 12.4. The number of furan rings is 1. The molecule has 0 fully saturated rings. The van der Waals surface area contributed by atoms with E-state index in [1.165, 1.54) is 36.6 Å². The summed E-state index contributed by atoms with van der Waals surface area (Å²) < 4.78 is 37.5. The van der Waals surface area contributed by atoms with Gasteiger partial charge in [0.05, 0.1) is 28.2 Å². The Morgan fingerprint density at radius 1 is 1.31 bits per heavy atom. The van der Waals surface area contributed by atoms with Gasteiger partial charge in [0.15, 0.2) is 0 Å². The lowest BCUT2D eigenvalue weighted by Gasteiger charge is -2.12. The normalized spacial score (nSPS) is 12.9. The van der Waals surface area contributed by atoms with Crippen molar-refractivity contribution in [1.82, 2.24) is 4.72 Å². The number of ether oxygens (including phenoxy) is 1. The van der Waals surface area contributed by atoms with Crippen LogP contribution < -0.4 is 9.46 Å². The fourth-order valence-electron chi connectivity index (χ4n) is 2.27. The zero-order valence-electron chi connectivity index (χ0n) is 13.7. The SMILES string of the molecule is COc1ccc(S(=O)(=O)NCC(O)c2ccc(-c3ccco3)s2)cc1Cl. The molecule has 6 nitrogen and oxygen atoms in total. The quantitative estimate of drug-likeness (QED) is 0.616. The van der Waals surface area contributed by atoms with E-state index in [0.29, 0.717) is 16.4 Å². The number of methoxy groups -OCH3 is 1. The highest BCUT2D eigenvalue weighted by atomic mass is 35.5. The van der Waals surface area contributed by atoms with Crippen molar-refractivity contribution in [1.29, 1.82) is 0 Å². The first kappa shape index (κ1) is 18.9. The van der Waals surface area contributed by atoms with Crippen LogP contribution in [-0.2, 0) is 10.0 Å². The zero-order valence-corrected chi connectivity index (χ0v) is 16.1. The minimum Gasteiger partial charge on any atom is -0.495 e. The van der Waals surface area contributed by atoms with Crippen molar-refractivity contribution in [3.8, 4) is 16.4 Å². The number of benzene rings is 1. The largest absolute Gasteiger partial charge is 0.495 e. The summed E-state index contributed by atoms with van der Waals surface area (Å²) in [5, 5.41) is 10.5. The summed E-state index contributed by atoms with van der Waals surface area (Å²) in [6, 6.07) is 11.3. The standard InChI is InChI=1S/C17H16ClNO5S2/c1-23-14-5-4-11(9-12(14)18)26(21,22)19-10-13(20)16-6-7-17(25-16)15-3-2-8-24-15/h2-9,13,19-20H,10H2,1H3. The van der Waals surface area contributed by atoms with Crippen LogP contribution in [0.4, 0.5) is 0 Å². The maximum Gasteiger partial charge on any atom is 0.240 e. The lowest BCUT2D eigenvalue weighted by atomic mass is 10.3. The lowest BCUT2D eigenvalue weighted by molar-refractivity contribution is 0.186. The molecule has 26 heavy (non-hydrogen) atoms. The molecule has 0 aliphatic rings. The summed E-state index contributed by atoms with van der Waals surface area (Å²) in [7, 11) is -2.36. The third-order valence-corrected chi connectivity index (χ3v) is 6.54. The van der Waals surface area contributed by atoms with E-state index in [1.807, 2.05) is 12.1 Å². The molecule has 3 aromatic rings. The van der Waals surface area contributed by atoms with Crippen LogP contribution in [0.2, 0.25) is 5.02 Å². The van der Waals surface area contributed by atoms with Gasteiger partial charge in [-0.25, -0.2) is 13.1 Å². The molecule has 1 atom stereocenters. The lowest BCUT2D eigenvalue weighted by Crippen LogP contribution is -2.28. The highest BCUT2D eigenvalue weighted by Gasteiger charge is 2.19. The summed E-state index contributed by atoms with van der Waals surface area (Å²) in [6.45, 7) is -0.163. The van der Waals surface area contributed by atoms with Gasteiger partial charge in [-0.3, -0.25) is 0 Å². The van der Waals surface area contributed by atoms with Gasteiger partial charge < -0.3 is 14.3 Å². The molecule has 0 spiro atoms. The van der Waals surface area contributed by atoms with Gasteiger partial charge in [-0.05, 0) is 42.5 Å². The molecule has 0 saturated carbocycles. The third-order valence-electron chi connectivity index (χ3n) is 3.62. The molecular formula is C17H16ClNO5S2. The number of halogens is 1. The number of rotatable bonds is 7. The monoisotopic (exact) mass is 413 g/mol. The molecule has 0 bridgehead atoms. The average Bonchev–Trinajstić information content (AvgIpc) is 3.30. The van der Waals surface area contributed by atoms with Crippen LogP contribution in [-0.4, -0.2) is 27.2 Å². The number of aliphatic hydroxyl groups is 1. The van der Waals surface area contributed by atoms with E-state index in [4.69, 9.17) is 20.8 Å². The molecule has 2 N–H and O–H groups in total. The van der Waals surface area contributed by atoms with Gasteiger partial charge in [0.1, 0.15) is 17.6 Å². The number of thiophene rings is 1. The molecule has 3 rings (SSSR count). The van der Waals surface area contributed by atoms with Crippen molar-refractivity contribution in [2.24, 2.45) is 0 Å². The van der Waals surface area contributed by atoms with Gasteiger partial charge in [0.2, 0.25) is 10.0 Å². The predicted molar refractivity (Wildman–Crippen MR) is 100 cm³/mol. The first-order valence-corrected chi connectivity index (χ1v) is 10.2. The predicted octanol–water partition coefficient (Wildman–Crippen LogP) is 3.68. The number of hydrogen-bond donors (Lipinski definition) is 2. The van der Waals surface area contributed by atoms with E-state index in [0.717, 1.165) is 4.88 Å². The Hall–Kier alpha value is -1.84. The van der Waals surface area contributed by atoms with E-state index in [-0.39, 0.29) is 16.5 Å². The van der Waals surface area contributed by atoms with Crippen molar-refractivity contribution < 1.29 is 22.7 Å². The molecule has 0 saturated heterocycles. The van der Waals surface area contributed by atoms with Crippen molar-refractivity contribution in [3.05, 3.63) is 58.6 Å². The Morgan fingerprint density at radius 2 is 2.12 bits per heavy atom. The summed E-state index contributed by atoms with van der Waals surface area (Å²) in [5.74, 6) is 1.08. The van der Waals surface area contributed by atoms with Crippen LogP contribution in [0.15, 0.2) is 58.0 Å². The molecule has 0 amide bonds. The second-order valence-corrected chi connectivity index (χ2v) is 8.63. The summed E-state index contributed by atoms with van der Waals surface area (Å²) in [6.07, 6.45) is 0.589. The van der Waals surface area contributed by atoms with E-state index in [9.17, 15) is 13.5 Å². The maximum absolute atomic E-state index is 12.4. The molecule has 0 radical (unpaired) electrons. The summed E-state index contributed by atoms with van der Waals surface area (Å²) >= 11 is 7.31. The van der Waals surface area contributed by atoms with Gasteiger partial charge >= 0.3 is 0 Å². The first-order chi connectivity index (χ1) is 12.4. The topological polar surface area (TPSA) is 88.8 Å². The van der Waals surface area contributed by atoms with E-state index in [1.54, 1.807) is 18.4 Å². The van der Waals surface area contributed by atoms with Crippen molar-refractivity contribution in [2.45, 2.75) is 11.0 Å². The Balaban J connectivity index is 1.68. The molecule has 0 aliphatic heterocycles. The Bertz CT molecular complexity index is 983. The smallest absolute Gasteiger partial charge is 0.240 e. The fraction of sp³-hybridized carbons (Fsp3) is 0.176. The van der Waals surface area contributed by atoms with Gasteiger partial charge in [-0.1, -0.05) is 11.6 Å². The number of hydrogen-bond acceptors (Lipinski definition) is 6. The highest BCUT2D eigenvalue weighted by molar-refractivity contribution is 7.89. The van der Waals surface area contributed by atoms with Crippen molar-refractivity contribution in [3.63, 3.8) is 0 Å². The second kappa shape index (κ2) is 7.81. The van der Waals surface area contributed by atoms with E-state index < -0.39 is 16.1 Å². The first-order valence-electron chi connectivity index (χ1n) is 7.55. The molecule has 9 heteroatoms. The van der Waals surface area contributed by atoms with Crippen LogP contribution in [0.3, 0.4) is 0 Å². The number of sulfonamides is 1. The van der Waals surface area contributed by atoms with Crippen LogP contribution in [0.25, 0.3) is 10.6 Å². The van der Waals surface area contributed by atoms with E-state index >= 15 is 0 Å². The Kier molecular flexibility index (Phi) is 5.69. The Morgan fingerprint density at radius 3 is 2.77 bits per heavy atom. The van der Waals surface area contributed by atoms with Crippen LogP contribution >= 0.6 is 22.9 Å². The molecule has 138 valence electrons. The molecule has 2 heterocycles. The van der Waals surface area contributed by atoms with Gasteiger partial charge in [-0.15, -0.1) is 11.3 Å². The third kappa shape index (κ3) is 4.11. The number of aliphatic hydroxyl groups excluding tert-OH is 1. The molecule has 1 aromatic carbocycles. The summed E-state index contributed by atoms with van der Waals surface area (Å²) in [4.78, 5) is 1.48. The van der Waals surface area contributed by atoms with Gasteiger partial charge in [-0.2, -0.15) is 0 Å².